The average molecular weight is 506 g/mol. The Morgan fingerprint density at radius 2 is 2.06 bits per heavy atom. The van der Waals surface area contributed by atoms with Gasteiger partial charge in [0, 0.05) is 11.8 Å². The van der Waals surface area contributed by atoms with Crippen LogP contribution in [0.4, 0.5) is 5.13 Å². The monoisotopic (exact) mass is 505 g/mol. The number of benzene rings is 1. The Morgan fingerprint density at radius 3 is 2.79 bits per heavy atom. The van der Waals surface area contributed by atoms with Crippen molar-refractivity contribution in [3.05, 3.63) is 47.7 Å². The number of amides is 2. The number of aromatic nitrogens is 3. The van der Waals surface area contributed by atoms with Gasteiger partial charge in [0.25, 0.3) is 0 Å². The maximum absolute atomic E-state index is 12.4. The lowest BCUT2D eigenvalue weighted by molar-refractivity contribution is -0.129. The molecule has 0 aliphatic rings. The number of hydrogen-bond donors (Lipinski definition) is 3. The highest BCUT2D eigenvalue weighted by Crippen LogP contribution is 2.30. The topological polar surface area (TPSA) is 139 Å². The third kappa shape index (κ3) is 8.12. The minimum absolute atomic E-state index is 0.0970. The van der Waals surface area contributed by atoms with Crippen LogP contribution in [-0.2, 0) is 27.2 Å². The van der Waals surface area contributed by atoms with E-state index in [1.807, 2.05) is 6.07 Å². The number of carbonyl (C=O) groups excluding carboxylic acids is 2. The van der Waals surface area contributed by atoms with E-state index in [4.69, 9.17) is 14.4 Å². The maximum atomic E-state index is 12.4. The van der Waals surface area contributed by atoms with Crippen LogP contribution in [0.3, 0.4) is 0 Å². The summed E-state index contributed by atoms with van der Waals surface area (Å²) in [5.74, 6) is 1.90. The Morgan fingerprint density at radius 1 is 1.24 bits per heavy atom. The average Bonchev–Trinajstić information content (AvgIpc) is 3.44. The van der Waals surface area contributed by atoms with Gasteiger partial charge in [-0.15, -0.1) is 10.2 Å². The second kappa shape index (κ2) is 12.0. The lowest BCUT2D eigenvalue weighted by Crippen LogP contribution is -2.18. The van der Waals surface area contributed by atoms with Crippen molar-refractivity contribution in [3.63, 3.8) is 0 Å². The molecule has 182 valence electrons. The highest BCUT2D eigenvalue weighted by Gasteiger charge is 2.19. The Labute approximate surface area is 205 Å². The highest BCUT2D eigenvalue weighted by atomic mass is 32.2. The van der Waals surface area contributed by atoms with Crippen LogP contribution in [0, 0.1) is 0 Å². The van der Waals surface area contributed by atoms with Crippen molar-refractivity contribution < 1.29 is 24.0 Å². The lowest BCUT2D eigenvalue weighted by atomic mass is 9.94. The molecule has 0 aliphatic heterocycles. The van der Waals surface area contributed by atoms with E-state index in [1.54, 1.807) is 29.9 Å². The molecule has 3 aromatic rings. The molecule has 0 radical (unpaired) electrons. The second-order valence-electron chi connectivity index (χ2n) is 8.39. The highest BCUT2D eigenvalue weighted by molar-refractivity contribution is 8.00. The lowest BCUT2D eigenvalue weighted by Gasteiger charge is -2.12. The number of anilines is 1. The van der Waals surface area contributed by atoms with E-state index in [9.17, 15) is 9.59 Å². The fraction of sp³-hybridized carbons (Fsp3) is 0.409. The molecule has 2 amide bonds. The molecule has 0 aliphatic carbocycles. The van der Waals surface area contributed by atoms with Crippen LogP contribution in [0.1, 0.15) is 50.8 Å². The number of hydrogen-bond acceptors (Lipinski definition) is 10. The van der Waals surface area contributed by atoms with E-state index in [2.05, 4.69) is 41.3 Å². The summed E-state index contributed by atoms with van der Waals surface area (Å²) in [5.41, 5.74) is 2.26. The molecule has 0 saturated carbocycles. The molecule has 0 spiro atoms. The van der Waals surface area contributed by atoms with Crippen molar-refractivity contribution in [3.8, 4) is 5.75 Å². The van der Waals surface area contributed by atoms with Gasteiger partial charge < -0.3 is 14.5 Å². The van der Waals surface area contributed by atoms with Crippen LogP contribution in [0.5, 0.6) is 5.75 Å². The molecule has 3 N–H and O–H groups in total. The number of oxazole rings is 1. The second-order valence-corrected chi connectivity index (χ2v) is 10.6. The van der Waals surface area contributed by atoms with Crippen molar-refractivity contribution in [2.24, 2.45) is 0 Å². The van der Waals surface area contributed by atoms with Crippen molar-refractivity contribution in [1.82, 2.24) is 20.7 Å². The van der Waals surface area contributed by atoms with E-state index in [1.165, 1.54) is 23.1 Å². The molecule has 0 fully saturated rings. The number of nitrogens with one attached hydrogen (secondary N) is 2. The summed E-state index contributed by atoms with van der Waals surface area (Å²) >= 11 is 2.73. The van der Waals surface area contributed by atoms with Crippen LogP contribution in [-0.4, -0.2) is 38.8 Å². The van der Waals surface area contributed by atoms with Crippen LogP contribution in [0.25, 0.3) is 0 Å². The summed E-state index contributed by atoms with van der Waals surface area (Å²) in [6.45, 7) is 6.51. The normalized spacial score (nSPS) is 11.3. The fourth-order valence-corrected chi connectivity index (χ4v) is 4.36. The first-order chi connectivity index (χ1) is 16.2. The molecule has 2 aromatic heterocycles. The summed E-state index contributed by atoms with van der Waals surface area (Å²) in [6.07, 6.45) is 2.52. The third-order valence-corrected chi connectivity index (χ3v) is 6.43. The van der Waals surface area contributed by atoms with Gasteiger partial charge in [0.05, 0.1) is 25.0 Å². The first-order valence-electron chi connectivity index (χ1n) is 10.6. The molecule has 1 aromatic carbocycles. The number of carbonyl (C=O) groups is 2. The molecular formula is C22H27N5O5S2. The van der Waals surface area contributed by atoms with Gasteiger partial charge in [-0.2, -0.15) is 0 Å². The molecule has 3 rings (SSSR count). The Bertz CT molecular complexity index is 1110. The number of rotatable bonds is 11. The first-order valence-corrected chi connectivity index (χ1v) is 12.4. The van der Waals surface area contributed by atoms with Crippen LogP contribution in [0.2, 0.25) is 0 Å². The van der Waals surface area contributed by atoms with Crippen molar-refractivity contribution >= 4 is 40.0 Å². The fourth-order valence-electron chi connectivity index (χ4n) is 2.74. The third-order valence-electron chi connectivity index (χ3n) is 4.47. The van der Waals surface area contributed by atoms with Gasteiger partial charge in [-0.05, 0) is 24.1 Å². The summed E-state index contributed by atoms with van der Waals surface area (Å²) in [4.78, 5) is 27.7. The maximum Gasteiger partial charge on any atom is 0.243 e. The van der Waals surface area contributed by atoms with E-state index >= 15 is 0 Å². The first kappa shape index (κ1) is 25.7. The standard InChI is InChI=1S/C22H27N5O5S2/c1-22(2,3)16-12-23-19(32-16)13-33-21-26-25-20(34-21)24-18(29)11-14-6-4-7-15(10-14)31-9-5-8-17(28)27-30/h4,6-7,10,12,30H,5,8-9,11,13H2,1-3H3,(H,27,28)(H,24,25,29). The minimum Gasteiger partial charge on any atom is -0.494 e. The van der Waals surface area contributed by atoms with Gasteiger partial charge in [0.15, 0.2) is 4.34 Å². The number of ether oxygens (including phenoxy) is 1. The van der Waals surface area contributed by atoms with Crippen molar-refractivity contribution in [1.29, 1.82) is 0 Å². The predicted octanol–water partition coefficient (Wildman–Crippen LogP) is 3.96. The van der Waals surface area contributed by atoms with Gasteiger partial charge in [0.2, 0.25) is 22.8 Å². The van der Waals surface area contributed by atoms with Gasteiger partial charge in [-0.3, -0.25) is 14.8 Å². The molecule has 10 nitrogen and oxygen atoms in total. The SMILES string of the molecule is CC(C)(C)c1cnc(CSc2nnc(NC(=O)Cc3cccc(OCCCC(=O)NO)c3)s2)o1. The van der Waals surface area contributed by atoms with Gasteiger partial charge in [-0.25, -0.2) is 10.5 Å². The summed E-state index contributed by atoms with van der Waals surface area (Å²) < 4.78 is 12.1. The molecule has 34 heavy (non-hydrogen) atoms. The van der Waals surface area contributed by atoms with Gasteiger partial charge >= 0.3 is 0 Å². The number of hydroxylamine groups is 1. The number of thioether (sulfide) groups is 1. The van der Waals surface area contributed by atoms with E-state index in [-0.39, 0.29) is 24.2 Å². The van der Waals surface area contributed by atoms with Crippen LogP contribution in [0.15, 0.2) is 39.2 Å². The molecule has 0 atom stereocenters. The quantitative estimate of drug-likeness (QED) is 0.116. The molecule has 0 saturated heterocycles. The largest absolute Gasteiger partial charge is 0.494 e. The van der Waals surface area contributed by atoms with E-state index in [0.29, 0.717) is 39.9 Å². The molecular weight excluding hydrogens is 478 g/mol. The van der Waals surface area contributed by atoms with Crippen LogP contribution < -0.4 is 15.5 Å². The van der Waals surface area contributed by atoms with Gasteiger partial charge in [0.1, 0.15) is 11.5 Å². The molecule has 2 heterocycles. The van der Waals surface area contributed by atoms with E-state index in [0.717, 1.165) is 11.3 Å². The van der Waals surface area contributed by atoms with Crippen molar-refractivity contribution in [2.75, 3.05) is 11.9 Å². The molecule has 0 bridgehead atoms. The zero-order valence-corrected chi connectivity index (χ0v) is 20.8. The molecule has 0 unspecified atom stereocenters. The van der Waals surface area contributed by atoms with Crippen molar-refractivity contribution in [2.45, 2.75) is 55.5 Å². The zero-order valence-electron chi connectivity index (χ0n) is 19.2. The van der Waals surface area contributed by atoms with Gasteiger partial charge in [-0.1, -0.05) is 56.0 Å². The summed E-state index contributed by atoms with van der Waals surface area (Å²) in [7, 11) is 0. The van der Waals surface area contributed by atoms with E-state index < -0.39 is 5.91 Å². The predicted molar refractivity (Wildman–Crippen MR) is 128 cm³/mol. The number of nitrogens with zero attached hydrogens (tertiary/aromatic N) is 3. The zero-order chi connectivity index (χ0) is 24.6. The summed E-state index contributed by atoms with van der Waals surface area (Å²) in [5, 5.41) is 19.8. The van der Waals surface area contributed by atoms with Crippen LogP contribution >= 0.6 is 23.1 Å². The Balaban J connectivity index is 1.45. The molecule has 12 heteroatoms. The Kier molecular flexibility index (Phi) is 9.02. The Hall–Kier alpha value is -2.96. The minimum atomic E-state index is -0.459. The smallest absolute Gasteiger partial charge is 0.243 e. The summed E-state index contributed by atoms with van der Waals surface area (Å²) in [6, 6.07) is 7.18.